The molecule has 0 aliphatic heterocycles. The zero-order valence-corrected chi connectivity index (χ0v) is 21.8. The molecule has 0 saturated heterocycles. The van der Waals surface area contributed by atoms with Crippen LogP contribution in [0.3, 0.4) is 0 Å². The molecule has 8 heteroatoms. The van der Waals surface area contributed by atoms with Crippen molar-refractivity contribution in [1.29, 1.82) is 0 Å². The number of carbonyl (C=O) groups excluding carboxylic acids is 4. The number of aliphatic hydroxyl groups excluding tert-OH is 1. The van der Waals surface area contributed by atoms with Crippen LogP contribution in [0.4, 0.5) is 8.78 Å². The largest absolute Gasteiger partial charge is 0.457 e. The molecule has 0 aromatic heterocycles. The van der Waals surface area contributed by atoms with Gasteiger partial charge in [0.25, 0.3) is 0 Å². The molecule has 1 saturated carbocycles. The molecule has 0 heterocycles. The Morgan fingerprint density at radius 2 is 1.84 bits per heavy atom. The van der Waals surface area contributed by atoms with Crippen LogP contribution < -0.4 is 0 Å². The van der Waals surface area contributed by atoms with Gasteiger partial charge < -0.3 is 9.84 Å². The highest BCUT2D eigenvalue weighted by Gasteiger charge is 2.49. The molecule has 2 rings (SSSR count). The third-order valence-corrected chi connectivity index (χ3v) is 6.94. The molecule has 0 radical (unpaired) electrons. The molecule has 1 aliphatic rings. The van der Waals surface area contributed by atoms with E-state index >= 15 is 0 Å². The van der Waals surface area contributed by atoms with Crippen molar-refractivity contribution in [2.24, 2.45) is 23.7 Å². The number of allylic oxidation sites excluding steroid dienone is 2. The van der Waals surface area contributed by atoms with Crippen molar-refractivity contribution < 1.29 is 37.8 Å². The fraction of sp³-hybridized carbons (Fsp3) is 0.586. The second-order valence-electron chi connectivity index (χ2n) is 10.2. The molecule has 1 N–H and O–H groups in total. The van der Waals surface area contributed by atoms with Gasteiger partial charge in [0.15, 0.2) is 12.4 Å². The van der Waals surface area contributed by atoms with E-state index in [1.165, 1.54) is 0 Å². The highest BCUT2D eigenvalue weighted by molar-refractivity contribution is 5.98. The average molecular weight is 521 g/mol. The maximum atomic E-state index is 14.3. The van der Waals surface area contributed by atoms with Crippen LogP contribution >= 0.6 is 0 Å². The summed E-state index contributed by atoms with van der Waals surface area (Å²) in [6, 6.07) is 8.32. The van der Waals surface area contributed by atoms with E-state index in [0.29, 0.717) is 12.0 Å². The first-order valence-corrected chi connectivity index (χ1v) is 13.0. The number of Topliss-reactive ketones (excluding diaryl/α,β-unsaturated/α-hetero) is 3. The van der Waals surface area contributed by atoms with Crippen molar-refractivity contribution in [2.75, 3.05) is 6.61 Å². The summed E-state index contributed by atoms with van der Waals surface area (Å²) in [6.45, 7) is 4.90. The summed E-state index contributed by atoms with van der Waals surface area (Å²) in [5, 5.41) is 10.6. The molecular formula is C29H38F2O6. The zero-order valence-electron chi connectivity index (χ0n) is 21.8. The smallest absolute Gasteiger partial charge is 0.310 e. The molecule has 1 fully saturated rings. The quantitative estimate of drug-likeness (QED) is 0.190. The molecule has 0 bridgehead atoms. The number of halogens is 2. The number of benzene rings is 1. The number of ether oxygens (including phenoxy) is 1. The number of aliphatic hydroxyl groups is 1. The summed E-state index contributed by atoms with van der Waals surface area (Å²) >= 11 is 0. The molecular weight excluding hydrogens is 482 g/mol. The van der Waals surface area contributed by atoms with Crippen molar-refractivity contribution in [3.63, 3.8) is 0 Å². The maximum absolute atomic E-state index is 14.3. The molecule has 1 aliphatic carbocycles. The van der Waals surface area contributed by atoms with Gasteiger partial charge in [0.1, 0.15) is 5.78 Å². The summed E-state index contributed by atoms with van der Waals surface area (Å²) < 4.78 is 34.0. The number of alkyl halides is 2. The second-order valence-corrected chi connectivity index (χ2v) is 10.2. The third-order valence-electron chi connectivity index (χ3n) is 6.94. The molecule has 1 unspecified atom stereocenters. The van der Waals surface area contributed by atoms with Gasteiger partial charge in [0.05, 0.1) is 12.0 Å². The number of hydrogen-bond donors (Lipinski definition) is 1. The van der Waals surface area contributed by atoms with Crippen LogP contribution in [0.5, 0.6) is 0 Å². The summed E-state index contributed by atoms with van der Waals surface area (Å²) in [7, 11) is 0. The molecule has 0 amide bonds. The Bertz CT molecular complexity index is 956. The summed E-state index contributed by atoms with van der Waals surface area (Å²) in [5.74, 6) is -8.96. The first-order valence-electron chi connectivity index (χ1n) is 13.0. The second kappa shape index (κ2) is 14.3. The van der Waals surface area contributed by atoms with E-state index in [9.17, 15) is 33.1 Å². The molecule has 1 aromatic rings. The van der Waals surface area contributed by atoms with Crippen molar-refractivity contribution in [3.05, 3.63) is 48.0 Å². The normalized spacial score (nSPS) is 20.9. The lowest BCUT2D eigenvalue weighted by Crippen LogP contribution is -2.36. The molecule has 6 nitrogen and oxygen atoms in total. The molecule has 0 spiro atoms. The Kier molecular flexibility index (Phi) is 11.8. The van der Waals surface area contributed by atoms with Crippen LogP contribution in [-0.4, -0.2) is 47.1 Å². The minimum Gasteiger partial charge on any atom is -0.457 e. The van der Waals surface area contributed by atoms with Gasteiger partial charge in [-0.05, 0) is 44.4 Å². The van der Waals surface area contributed by atoms with Gasteiger partial charge >= 0.3 is 11.9 Å². The van der Waals surface area contributed by atoms with Gasteiger partial charge in [-0.1, -0.05) is 56.3 Å². The van der Waals surface area contributed by atoms with E-state index in [2.05, 4.69) is 0 Å². The van der Waals surface area contributed by atoms with Crippen molar-refractivity contribution in [3.8, 4) is 0 Å². The van der Waals surface area contributed by atoms with Crippen LogP contribution in [0.15, 0.2) is 42.5 Å². The van der Waals surface area contributed by atoms with Gasteiger partial charge in [-0.2, -0.15) is 8.78 Å². The van der Waals surface area contributed by atoms with Gasteiger partial charge in [-0.15, -0.1) is 0 Å². The fourth-order valence-corrected chi connectivity index (χ4v) is 4.79. The summed E-state index contributed by atoms with van der Waals surface area (Å²) in [6.07, 6.45) is 1.94. The van der Waals surface area contributed by atoms with E-state index in [1.807, 2.05) is 13.0 Å². The first kappa shape index (κ1) is 30.5. The van der Waals surface area contributed by atoms with Gasteiger partial charge in [0, 0.05) is 30.7 Å². The Morgan fingerprint density at radius 1 is 1.16 bits per heavy atom. The van der Waals surface area contributed by atoms with Crippen LogP contribution in [0.1, 0.15) is 76.1 Å². The van der Waals surface area contributed by atoms with Crippen LogP contribution in [0.25, 0.3) is 0 Å². The monoisotopic (exact) mass is 520 g/mol. The number of ketones is 3. The van der Waals surface area contributed by atoms with E-state index in [1.54, 1.807) is 50.3 Å². The summed E-state index contributed by atoms with van der Waals surface area (Å²) in [4.78, 5) is 50.6. The zero-order chi connectivity index (χ0) is 27.6. The SMILES string of the molecule is C/C=C\CCC(C(=O)OCC(=O)c1ccccc1)[C@@H]1C(=O)C[C@@H](O)[C@@H]1CCC(=O)C(F)(F)CCC(C)C. The van der Waals surface area contributed by atoms with Gasteiger partial charge in [-0.25, -0.2) is 0 Å². The molecule has 204 valence electrons. The lowest BCUT2D eigenvalue weighted by Gasteiger charge is -2.27. The van der Waals surface area contributed by atoms with Crippen LogP contribution in [-0.2, 0) is 19.1 Å². The average Bonchev–Trinajstić information content (AvgIpc) is 3.14. The predicted molar refractivity (Wildman–Crippen MR) is 135 cm³/mol. The van der Waals surface area contributed by atoms with Crippen molar-refractivity contribution >= 4 is 23.3 Å². The van der Waals surface area contributed by atoms with E-state index in [-0.39, 0.29) is 37.4 Å². The molecule has 4 atom stereocenters. The first-order chi connectivity index (χ1) is 17.5. The number of hydrogen-bond acceptors (Lipinski definition) is 6. The fourth-order valence-electron chi connectivity index (χ4n) is 4.79. The number of esters is 1. The molecule has 37 heavy (non-hydrogen) atoms. The minimum absolute atomic E-state index is 0.0232. The van der Waals surface area contributed by atoms with E-state index in [4.69, 9.17) is 4.74 Å². The Morgan fingerprint density at radius 3 is 2.46 bits per heavy atom. The summed E-state index contributed by atoms with van der Waals surface area (Å²) in [5.41, 5.74) is 0.378. The highest BCUT2D eigenvalue weighted by atomic mass is 19.3. The molecule has 1 aromatic carbocycles. The third kappa shape index (κ3) is 8.95. The van der Waals surface area contributed by atoms with Crippen molar-refractivity contribution in [2.45, 2.75) is 77.7 Å². The minimum atomic E-state index is -3.48. The van der Waals surface area contributed by atoms with Crippen molar-refractivity contribution in [1.82, 2.24) is 0 Å². The Labute approximate surface area is 217 Å². The van der Waals surface area contributed by atoms with E-state index in [0.717, 1.165) is 0 Å². The highest BCUT2D eigenvalue weighted by Crippen LogP contribution is 2.41. The standard InChI is InChI=1S/C29H38F2O6/c1-4-5-7-12-22(28(36)37-18-25(34)20-10-8-6-9-11-20)27-21(23(32)17-24(27)33)13-14-26(35)29(30,31)16-15-19(2)3/h4-6,8-11,19,21-23,27,32H,7,12-18H2,1-3H3/b5-4-/t21-,22?,23+,27+/m0/s1. The van der Waals surface area contributed by atoms with Crippen LogP contribution in [0, 0.1) is 23.7 Å². The van der Waals surface area contributed by atoms with Gasteiger partial charge in [0.2, 0.25) is 5.78 Å². The lowest BCUT2D eigenvalue weighted by atomic mass is 9.77. The topological polar surface area (TPSA) is 97.7 Å². The number of rotatable bonds is 15. The Balaban J connectivity index is 2.14. The van der Waals surface area contributed by atoms with Gasteiger partial charge in [-0.3, -0.25) is 19.2 Å². The Hall–Kier alpha value is -2.74. The maximum Gasteiger partial charge on any atom is 0.310 e. The lowest BCUT2D eigenvalue weighted by molar-refractivity contribution is -0.152. The van der Waals surface area contributed by atoms with E-state index < -0.39 is 66.8 Å². The predicted octanol–water partition coefficient (Wildman–Crippen LogP) is 5.37. The van der Waals surface area contributed by atoms with Crippen LogP contribution in [0.2, 0.25) is 0 Å². The number of carbonyl (C=O) groups is 4.